The van der Waals surface area contributed by atoms with E-state index in [1.807, 2.05) is 36.9 Å². The van der Waals surface area contributed by atoms with E-state index in [1.165, 1.54) is 11.3 Å². The van der Waals surface area contributed by atoms with Gasteiger partial charge >= 0.3 is 0 Å². The first-order valence-electron chi connectivity index (χ1n) is 15.9. The smallest absolute Gasteiger partial charge is 0.249 e. The molecule has 1 fully saturated rings. The third kappa shape index (κ3) is 6.99. The van der Waals surface area contributed by atoms with E-state index >= 15 is 0 Å². The monoisotopic (exact) mass is 636 g/mol. The van der Waals surface area contributed by atoms with E-state index in [9.17, 15) is 13.2 Å². The van der Waals surface area contributed by atoms with Crippen molar-refractivity contribution in [3.63, 3.8) is 0 Å². The summed E-state index contributed by atoms with van der Waals surface area (Å²) in [5, 5.41) is 0. The number of hydrogen-bond donors (Lipinski definition) is 0. The summed E-state index contributed by atoms with van der Waals surface area (Å²) in [6, 6.07) is 17.7. The molecule has 3 heterocycles. The van der Waals surface area contributed by atoms with E-state index in [2.05, 4.69) is 54.8 Å². The second-order valence-corrected chi connectivity index (χ2v) is 14.6. The molecule has 244 valence electrons. The maximum atomic E-state index is 14.0. The van der Waals surface area contributed by atoms with Crippen LogP contribution >= 0.6 is 0 Å². The van der Waals surface area contributed by atoms with Crippen LogP contribution in [0.3, 0.4) is 0 Å². The van der Waals surface area contributed by atoms with Crippen molar-refractivity contribution >= 4 is 15.9 Å². The topological polar surface area (TPSA) is 84.3 Å². The highest BCUT2D eigenvalue weighted by atomic mass is 32.2. The number of hydrogen-bond acceptors (Lipinski definition) is 6. The van der Waals surface area contributed by atoms with Crippen LogP contribution in [0.2, 0.25) is 0 Å². The van der Waals surface area contributed by atoms with Crippen molar-refractivity contribution in [2.75, 3.05) is 47.5 Å². The number of aromatic nitrogens is 1. The third-order valence-corrected chi connectivity index (χ3v) is 11.5. The van der Waals surface area contributed by atoms with Crippen molar-refractivity contribution in [3.05, 3.63) is 82.7 Å². The van der Waals surface area contributed by atoms with Gasteiger partial charge in [-0.2, -0.15) is 4.31 Å². The van der Waals surface area contributed by atoms with Gasteiger partial charge in [-0.3, -0.25) is 4.79 Å². The minimum atomic E-state index is -3.76. The first-order valence-corrected chi connectivity index (χ1v) is 17.4. The average Bonchev–Trinajstić information content (AvgIpc) is 3.42. The summed E-state index contributed by atoms with van der Waals surface area (Å²) in [7, 11) is 1.95. The van der Waals surface area contributed by atoms with E-state index in [-0.39, 0.29) is 37.1 Å². The zero-order chi connectivity index (χ0) is 32.3. The molecule has 0 saturated carbocycles. The van der Waals surface area contributed by atoms with E-state index in [4.69, 9.17) is 9.47 Å². The number of methoxy groups -OCH3 is 1. The Bertz CT molecular complexity index is 1560. The predicted octanol–water partition coefficient (Wildman–Crippen LogP) is 5.12. The van der Waals surface area contributed by atoms with Crippen LogP contribution < -0.4 is 4.74 Å². The summed E-state index contributed by atoms with van der Waals surface area (Å²) in [4.78, 5) is 18.3. The molecule has 3 atom stereocenters. The Morgan fingerprint density at radius 1 is 1.00 bits per heavy atom. The standard InChI is InChI=1S/C35H48N4O5S/c1-25-20-31(43-6)21-26(2)35(25)45(41,42)39-17-11-10-14-30(39)23-44-24-33(40)38-19-18-37-29(22-36(4)5)15-16-32(37)34(38)27(3)28-12-8-7-9-13-28/h7-9,12-13,15-16,20-21,27,30,34H,10-11,14,17-19,22-24H2,1-6H3. The largest absolute Gasteiger partial charge is 0.497 e. The molecule has 45 heavy (non-hydrogen) atoms. The van der Waals surface area contributed by atoms with Gasteiger partial charge in [-0.25, -0.2) is 8.42 Å². The first kappa shape index (κ1) is 33.2. The molecule has 0 bridgehead atoms. The molecule has 0 aliphatic carbocycles. The molecule has 0 N–H and O–H groups in total. The fourth-order valence-corrected chi connectivity index (χ4v) is 9.24. The number of carbonyl (C=O) groups is 1. The molecule has 9 nitrogen and oxygen atoms in total. The summed E-state index contributed by atoms with van der Waals surface area (Å²) in [6.07, 6.45) is 2.41. The minimum Gasteiger partial charge on any atom is -0.497 e. The number of piperidine rings is 1. The molecular weight excluding hydrogens is 588 g/mol. The number of ether oxygens (including phenoxy) is 2. The zero-order valence-electron chi connectivity index (χ0n) is 27.5. The van der Waals surface area contributed by atoms with Crippen molar-refractivity contribution in [1.82, 2.24) is 18.7 Å². The molecule has 2 aliphatic rings. The highest BCUT2D eigenvalue weighted by Gasteiger charge is 2.38. The lowest BCUT2D eigenvalue weighted by Gasteiger charge is -2.41. The number of nitrogens with zero attached hydrogens (tertiary/aromatic N) is 4. The van der Waals surface area contributed by atoms with Crippen molar-refractivity contribution in [1.29, 1.82) is 0 Å². The van der Waals surface area contributed by atoms with Crippen LogP contribution in [0.25, 0.3) is 0 Å². The number of rotatable bonds is 11. The minimum absolute atomic E-state index is 0.0727. The maximum Gasteiger partial charge on any atom is 0.249 e. The van der Waals surface area contributed by atoms with Gasteiger partial charge in [-0.05, 0) is 81.7 Å². The van der Waals surface area contributed by atoms with Crippen molar-refractivity contribution in [3.8, 4) is 5.75 Å². The highest BCUT2D eigenvalue weighted by Crippen LogP contribution is 2.39. The average molecular weight is 637 g/mol. The molecule has 1 amide bonds. The molecule has 3 unspecified atom stereocenters. The molecule has 2 aromatic carbocycles. The predicted molar refractivity (Wildman–Crippen MR) is 176 cm³/mol. The van der Waals surface area contributed by atoms with Crippen LogP contribution in [0.1, 0.15) is 66.2 Å². The molecule has 1 saturated heterocycles. The Morgan fingerprint density at radius 3 is 2.38 bits per heavy atom. The molecule has 10 heteroatoms. The van der Waals surface area contributed by atoms with Gasteiger partial charge in [0.25, 0.3) is 0 Å². The van der Waals surface area contributed by atoms with Crippen LogP contribution in [0.4, 0.5) is 0 Å². The molecule has 2 aliphatic heterocycles. The summed E-state index contributed by atoms with van der Waals surface area (Å²) in [5.74, 6) is 0.641. The number of fused-ring (bicyclic) bond motifs is 1. The highest BCUT2D eigenvalue weighted by molar-refractivity contribution is 7.89. The first-order chi connectivity index (χ1) is 21.5. The lowest BCUT2D eigenvalue weighted by Crippen LogP contribution is -2.48. The summed E-state index contributed by atoms with van der Waals surface area (Å²) < 4.78 is 43.3. The van der Waals surface area contributed by atoms with Crippen LogP contribution in [0.15, 0.2) is 59.5 Å². The number of aryl methyl sites for hydroxylation is 2. The Balaban J connectivity index is 1.32. The van der Waals surface area contributed by atoms with E-state index < -0.39 is 10.0 Å². The quantitative estimate of drug-likeness (QED) is 0.291. The van der Waals surface area contributed by atoms with Gasteiger partial charge in [-0.1, -0.05) is 43.7 Å². The van der Waals surface area contributed by atoms with Crippen LogP contribution in [0, 0.1) is 13.8 Å². The summed E-state index contributed by atoms with van der Waals surface area (Å²) in [6.45, 7) is 8.47. The fourth-order valence-electron chi connectivity index (χ4n) is 7.15. The van der Waals surface area contributed by atoms with Gasteiger partial charge in [0, 0.05) is 49.5 Å². The molecule has 3 aromatic rings. The van der Waals surface area contributed by atoms with Crippen molar-refractivity contribution < 1.29 is 22.7 Å². The number of sulfonamides is 1. The van der Waals surface area contributed by atoms with Crippen molar-refractivity contribution in [2.24, 2.45) is 0 Å². The van der Waals surface area contributed by atoms with Gasteiger partial charge in [0.1, 0.15) is 12.4 Å². The second-order valence-electron chi connectivity index (χ2n) is 12.7. The van der Waals surface area contributed by atoms with Crippen LogP contribution in [0.5, 0.6) is 5.75 Å². The van der Waals surface area contributed by atoms with E-state index in [0.29, 0.717) is 41.3 Å². The van der Waals surface area contributed by atoms with E-state index in [0.717, 1.165) is 31.6 Å². The lowest BCUT2D eigenvalue weighted by molar-refractivity contribution is -0.141. The number of benzene rings is 2. The van der Waals surface area contributed by atoms with Crippen LogP contribution in [-0.2, 0) is 32.6 Å². The Kier molecular flexibility index (Phi) is 10.4. The molecule has 5 rings (SSSR count). The van der Waals surface area contributed by atoms with Gasteiger partial charge < -0.3 is 23.8 Å². The zero-order valence-corrected chi connectivity index (χ0v) is 28.3. The number of carbonyl (C=O) groups excluding carboxylic acids is 1. The molecule has 0 radical (unpaired) electrons. The lowest BCUT2D eigenvalue weighted by atomic mass is 9.89. The van der Waals surface area contributed by atoms with Gasteiger partial charge in [0.2, 0.25) is 15.9 Å². The second kappa shape index (κ2) is 14.1. The number of amides is 1. The van der Waals surface area contributed by atoms with E-state index in [1.54, 1.807) is 23.5 Å². The summed E-state index contributed by atoms with van der Waals surface area (Å²) >= 11 is 0. The fraction of sp³-hybridized carbons (Fsp3) is 0.514. The SMILES string of the molecule is COc1cc(C)c(S(=O)(=O)N2CCCCC2COCC(=O)N2CCn3c(CN(C)C)ccc3C2C(C)c2ccccc2)c(C)c1. The Hall–Kier alpha value is -3.18. The summed E-state index contributed by atoms with van der Waals surface area (Å²) in [5.41, 5.74) is 4.88. The Labute approximate surface area is 268 Å². The van der Waals surface area contributed by atoms with Gasteiger partial charge in [0.05, 0.1) is 24.7 Å². The molecule has 0 spiro atoms. The molecular formula is C35H48N4O5S. The van der Waals surface area contributed by atoms with Crippen molar-refractivity contribution in [2.45, 2.75) is 76.0 Å². The molecule has 1 aromatic heterocycles. The van der Waals surface area contributed by atoms with Crippen LogP contribution in [-0.4, -0.2) is 86.5 Å². The van der Waals surface area contributed by atoms with Gasteiger partial charge in [0.15, 0.2) is 0 Å². The third-order valence-electron chi connectivity index (χ3n) is 9.25. The van der Waals surface area contributed by atoms with Gasteiger partial charge in [-0.15, -0.1) is 0 Å². The Morgan fingerprint density at radius 2 is 1.71 bits per heavy atom. The normalized spacial score (nSPS) is 19.8. The maximum absolute atomic E-state index is 14.0.